The average Bonchev–Trinajstić information content (AvgIpc) is 2.78. The van der Waals surface area contributed by atoms with Crippen LogP contribution in [-0.2, 0) is 0 Å². The maximum atomic E-state index is 6.16. The van der Waals surface area contributed by atoms with Crippen LogP contribution in [0.1, 0.15) is 6.92 Å². The van der Waals surface area contributed by atoms with Crippen molar-refractivity contribution >= 4 is 11.6 Å². The summed E-state index contributed by atoms with van der Waals surface area (Å²) in [4.78, 5) is 4.65. The number of methoxy groups -OCH3 is 2. The maximum Gasteiger partial charge on any atom is 0.226 e. The molecule has 5 heteroatoms. The third-order valence-electron chi connectivity index (χ3n) is 4.02. The Morgan fingerprint density at radius 3 is 1.93 bits per heavy atom. The first-order chi connectivity index (χ1) is 14.2. The number of nitrogens with zero attached hydrogens (tertiary/aromatic N) is 1. The van der Waals surface area contributed by atoms with Crippen LogP contribution in [0, 0.1) is 0 Å². The zero-order valence-corrected chi connectivity index (χ0v) is 16.7. The Balaban J connectivity index is 1.97. The predicted octanol–water partition coefficient (Wildman–Crippen LogP) is 5.80. The number of aliphatic imine (C=N–C) groups is 1. The molecule has 0 aliphatic rings. The van der Waals surface area contributed by atoms with Crippen molar-refractivity contribution in [1.29, 1.82) is 0 Å². The van der Waals surface area contributed by atoms with Gasteiger partial charge < -0.3 is 18.9 Å². The van der Waals surface area contributed by atoms with Crippen LogP contribution >= 0.6 is 0 Å². The summed E-state index contributed by atoms with van der Waals surface area (Å²) in [5, 5.41) is 0. The van der Waals surface area contributed by atoms with E-state index in [4.69, 9.17) is 18.9 Å². The summed E-state index contributed by atoms with van der Waals surface area (Å²) in [6, 6.07) is 24.5. The molecule has 0 spiro atoms. The van der Waals surface area contributed by atoms with Crippen LogP contribution in [0.3, 0.4) is 0 Å². The van der Waals surface area contributed by atoms with E-state index in [-0.39, 0.29) is 0 Å². The summed E-state index contributed by atoms with van der Waals surface area (Å²) >= 11 is 0. The molecule has 148 valence electrons. The van der Waals surface area contributed by atoms with Crippen LogP contribution in [0.15, 0.2) is 95.7 Å². The van der Waals surface area contributed by atoms with Crippen LogP contribution in [0.25, 0.3) is 0 Å². The molecule has 0 aliphatic carbocycles. The third kappa shape index (κ3) is 5.39. The Morgan fingerprint density at radius 2 is 1.34 bits per heavy atom. The van der Waals surface area contributed by atoms with Gasteiger partial charge in [-0.2, -0.15) is 0 Å². The molecule has 0 atom stereocenters. The highest BCUT2D eigenvalue weighted by molar-refractivity contribution is 5.96. The smallest absolute Gasteiger partial charge is 0.226 e. The molecule has 0 saturated heterocycles. The van der Waals surface area contributed by atoms with Gasteiger partial charge >= 0.3 is 0 Å². The van der Waals surface area contributed by atoms with Gasteiger partial charge in [-0.15, -0.1) is 0 Å². The molecular weight excluding hydrogens is 366 g/mol. The van der Waals surface area contributed by atoms with Crippen molar-refractivity contribution in [2.45, 2.75) is 6.92 Å². The molecule has 0 radical (unpaired) electrons. The summed E-state index contributed by atoms with van der Waals surface area (Å²) in [6.45, 7) is 1.87. The fourth-order valence-electron chi connectivity index (χ4n) is 2.53. The Hall–Kier alpha value is -3.73. The molecule has 3 aromatic carbocycles. The van der Waals surface area contributed by atoms with Crippen molar-refractivity contribution in [3.8, 4) is 23.0 Å². The second-order valence-corrected chi connectivity index (χ2v) is 6.08. The van der Waals surface area contributed by atoms with Gasteiger partial charge in [0.1, 0.15) is 5.75 Å². The van der Waals surface area contributed by atoms with Crippen molar-refractivity contribution in [2.75, 3.05) is 14.2 Å². The zero-order chi connectivity index (χ0) is 20.5. The SMILES string of the molecule is COc1cccc(OC)c1OC(=Nc1ccccc1)/C(C)=C/Oc1ccccc1. The number of benzene rings is 3. The van der Waals surface area contributed by atoms with E-state index < -0.39 is 0 Å². The maximum absolute atomic E-state index is 6.16. The van der Waals surface area contributed by atoms with Crippen LogP contribution in [0.5, 0.6) is 23.0 Å². The highest BCUT2D eigenvalue weighted by Gasteiger charge is 2.16. The minimum absolute atomic E-state index is 0.370. The molecule has 3 rings (SSSR count). The normalized spacial score (nSPS) is 11.7. The van der Waals surface area contributed by atoms with Crippen molar-refractivity contribution < 1.29 is 18.9 Å². The van der Waals surface area contributed by atoms with Crippen molar-refractivity contribution in [2.24, 2.45) is 4.99 Å². The lowest BCUT2D eigenvalue weighted by Gasteiger charge is -2.15. The average molecular weight is 389 g/mol. The van der Waals surface area contributed by atoms with E-state index in [9.17, 15) is 0 Å². The molecule has 0 aromatic heterocycles. The Kier molecular flexibility index (Phi) is 6.90. The predicted molar refractivity (Wildman–Crippen MR) is 115 cm³/mol. The largest absolute Gasteiger partial charge is 0.493 e. The van der Waals surface area contributed by atoms with Gasteiger partial charge in [-0.25, -0.2) is 4.99 Å². The van der Waals surface area contributed by atoms with Gasteiger partial charge in [-0.3, -0.25) is 0 Å². The van der Waals surface area contributed by atoms with Gasteiger partial charge in [-0.05, 0) is 43.3 Å². The molecule has 29 heavy (non-hydrogen) atoms. The lowest BCUT2D eigenvalue weighted by atomic mass is 10.2. The lowest BCUT2D eigenvalue weighted by Crippen LogP contribution is -2.12. The van der Waals surface area contributed by atoms with Gasteiger partial charge in [-0.1, -0.05) is 42.5 Å². The molecule has 0 saturated carbocycles. The minimum Gasteiger partial charge on any atom is -0.493 e. The van der Waals surface area contributed by atoms with E-state index in [0.29, 0.717) is 28.7 Å². The van der Waals surface area contributed by atoms with E-state index in [0.717, 1.165) is 11.4 Å². The number of hydrogen-bond donors (Lipinski definition) is 0. The third-order valence-corrected chi connectivity index (χ3v) is 4.02. The van der Waals surface area contributed by atoms with Crippen molar-refractivity contribution in [1.82, 2.24) is 0 Å². The Bertz CT molecular complexity index is 960. The first kappa shape index (κ1) is 20.0. The van der Waals surface area contributed by atoms with Gasteiger partial charge in [0.2, 0.25) is 11.6 Å². The second kappa shape index (κ2) is 9.99. The standard InChI is InChI=1S/C24H23NO4/c1-18(17-28-20-13-8-5-9-14-20)24(25-19-11-6-4-7-12-19)29-23-21(26-2)15-10-16-22(23)27-3/h4-17H,1-3H3/b18-17+,25-24?. The molecule has 0 N–H and O–H groups in total. The Labute approximate surface area is 170 Å². The summed E-state index contributed by atoms with van der Waals surface area (Å²) in [6.07, 6.45) is 1.61. The summed E-state index contributed by atoms with van der Waals surface area (Å²) in [5.41, 5.74) is 1.45. The fourth-order valence-corrected chi connectivity index (χ4v) is 2.53. The Morgan fingerprint density at radius 1 is 0.759 bits per heavy atom. The van der Waals surface area contributed by atoms with E-state index in [1.807, 2.05) is 73.7 Å². The van der Waals surface area contributed by atoms with Crippen LogP contribution in [-0.4, -0.2) is 20.1 Å². The number of ether oxygens (including phenoxy) is 4. The molecule has 5 nitrogen and oxygen atoms in total. The molecular formula is C24H23NO4. The van der Waals surface area contributed by atoms with Gasteiger partial charge in [0.25, 0.3) is 0 Å². The van der Waals surface area contributed by atoms with E-state index in [1.54, 1.807) is 32.6 Å². The number of hydrogen-bond acceptors (Lipinski definition) is 5. The monoisotopic (exact) mass is 389 g/mol. The quantitative estimate of drug-likeness (QED) is 0.291. The summed E-state index contributed by atoms with van der Waals surface area (Å²) < 4.78 is 22.8. The summed E-state index contributed by atoms with van der Waals surface area (Å²) in [7, 11) is 3.16. The fraction of sp³-hybridized carbons (Fsp3) is 0.125. The van der Waals surface area contributed by atoms with E-state index in [2.05, 4.69) is 4.99 Å². The summed E-state index contributed by atoms with van der Waals surface area (Å²) in [5.74, 6) is 2.62. The van der Waals surface area contributed by atoms with Gasteiger partial charge in [0, 0.05) is 5.57 Å². The first-order valence-corrected chi connectivity index (χ1v) is 9.12. The molecule has 0 heterocycles. The van der Waals surface area contributed by atoms with Gasteiger partial charge in [0.15, 0.2) is 11.5 Å². The highest BCUT2D eigenvalue weighted by atomic mass is 16.5. The lowest BCUT2D eigenvalue weighted by molar-refractivity contribution is 0.359. The number of para-hydroxylation sites is 3. The number of rotatable bonds is 7. The second-order valence-electron chi connectivity index (χ2n) is 6.08. The minimum atomic E-state index is 0.370. The molecule has 0 amide bonds. The van der Waals surface area contributed by atoms with Crippen molar-refractivity contribution in [3.05, 3.63) is 90.7 Å². The van der Waals surface area contributed by atoms with Gasteiger partial charge in [0.05, 0.1) is 26.2 Å². The zero-order valence-electron chi connectivity index (χ0n) is 16.7. The molecule has 0 fully saturated rings. The van der Waals surface area contributed by atoms with Crippen molar-refractivity contribution in [3.63, 3.8) is 0 Å². The van der Waals surface area contributed by atoms with E-state index in [1.165, 1.54) is 0 Å². The first-order valence-electron chi connectivity index (χ1n) is 9.12. The molecule has 0 aliphatic heterocycles. The highest BCUT2D eigenvalue weighted by Crippen LogP contribution is 2.37. The molecule has 0 unspecified atom stereocenters. The molecule has 0 bridgehead atoms. The van der Waals surface area contributed by atoms with E-state index >= 15 is 0 Å². The van der Waals surface area contributed by atoms with Crippen LogP contribution in [0.4, 0.5) is 5.69 Å². The molecule has 3 aromatic rings. The topological polar surface area (TPSA) is 49.3 Å². The van der Waals surface area contributed by atoms with Crippen LogP contribution in [0.2, 0.25) is 0 Å². The van der Waals surface area contributed by atoms with Crippen LogP contribution < -0.4 is 18.9 Å².